The Bertz CT molecular complexity index is 728. The van der Waals surface area contributed by atoms with Gasteiger partial charge in [-0.2, -0.15) is 5.10 Å². The monoisotopic (exact) mass is 362 g/mol. The lowest BCUT2D eigenvalue weighted by molar-refractivity contribution is 0.634. The normalized spacial score (nSPS) is 13.4. The minimum atomic E-state index is 0.259. The van der Waals surface area contributed by atoms with Crippen LogP contribution in [0.4, 0.5) is 0 Å². The first kappa shape index (κ1) is 19.4. The van der Waals surface area contributed by atoms with Crippen molar-refractivity contribution in [3.05, 3.63) is 33.0 Å². The molecule has 1 unspecified atom stereocenters. The molecule has 2 heterocycles. The molecule has 0 aliphatic carbocycles. The van der Waals surface area contributed by atoms with E-state index in [1.54, 1.807) is 18.4 Å². The summed E-state index contributed by atoms with van der Waals surface area (Å²) in [6, 6.07) is 0.259. The van der Waals surface area contributed by atoms with Gasteiger partial charge < -0.3 is 10.6 Å². The van der Waals surface area contributed by atoms with E-state index in [0.717, 1.165) is 23.8 Å². The van der Waals surface area contributed by atoms with Gasteiger partial charge in [0.1, 0.15) is 0 Å². The molecule has 0 aliphatic rings. The molecule has 1 atom stereocenters. The van der Waals surface area contributed by atoms with Gasteiger partial charge in [-0.25, -0.2) is 4.98 Å². The van der Waals surface area contributed by atoms with Gasteiger partial charge in [0.05, 0.1) is 22.9 Å². The first-order valence-electron chi connectivity index (χ1n) is 8.72. The standard InChI is InChI=1S/C18H30N6S/c1-11(2)17-22-15(10-25-17)9-20-18(19-6)21-12(3)8-16-13(4)23-24(7)14(16)5/h10-12H,8-9H2,1-7H3,(H2,19,20,21). The number of hydrogen-bond acceptors (Lipinski definition) is 4. The summed E-state index contributed by atoms with van der Waals surface area (Å²) >= 11 is 1.72. The van der Waals surface area contributed by atoms with Crippen molar-refractivity contribution >= 4 is 17.3 Å². The number of thiazole rings is 1. The van der Waals surface area contributed by atoms with Gasteiger partial charge in [-0.3, -0.25) is 9.67 Å². The molecule has 2 aromatic heterocycles. The Morgan fingerprint density at radius 2 is 2.04 bits per heavy atom. The van der Waals surface area contributed by atoms with Crippen LogP contribution >= 0.6 is 11.3 Å². The number of guanidine groups is 1. The van der Waals surface area contributed by atoms with Crippen LogP contribution in [0.2, 0.25) is 0 Å². The lowest BCUT2D eigenvalue weighted by atomic mass is 10.1. The minimum Gasteiger partial charge on any atom is -0.354 e. The average Bonchev–Trinajstić information content (AvgIpc) is 3.12. The number of nitrogens with one attached hydrogen (secondary N) is 2. The Hall–Kier alpha value is -1.89. The first-order chi connectivity index (χ1) is 11.8. The Morgan fingerprint density at radius 3 is 2.56 bits per heavy atom. The van der Waals surface area contributed by atoms with Gasteiger partial charge in [0, 0.05) is 37.1 Å². The van der Waals surface area contributed by atoms with Crippen molar-refractivity contribution in [2.45, 2.75) is 59.5 Å². The van der Waals surface area contributed by atoms with Gasteiger partial charge in [-0.05, 0) is 32.8 Å². The first-order valence-corrected chi connectivity index (χ1v) is 9.60. The highest BCUT2D eigenvalue weighted by Crippen LogP contribution is 2.19. The van der Waals surface area contributed by atoms with Gasteiger partial charge in [0.25, 0.3) is 0 Å². The molecule has 0 amide bonds. The summed E-state index contributed by atoms with van der Waals surface area (Å²) in [5.74, 6) is 1.27. The van der Waals surface area contributed by atoms with E-state index < -0.39 is 0 Å². The van der Waals surface area contributed by atoms with Crippen molar-refractivity contribution in [1.29, 1.82) is 0 Å². The molecule has 138 valence electrons. The lowest BCUT2D eigenvalue weighted by Gasteiger charge is -2.18. The largest absolute Gasteiger partial charge is 0.354 e. The third-order valence-electron chi connectivity index (χ3n) is 4.28. The Labute approximate surface area is 154 Å². The highest BCUT2D eigenvalue weighted by Gasteiger charge is 2.14. The molecule has 0 radical (unpaired) electrons. The molecule has 0 aromatic carbocycles. The zero-order valence-corrected chi connectivity index (χ0v) is 17.2. The summed E-state index contributed by atoms with van der Waals surface area (Å²) in [6.07, 6.45) is 0.917. The van der Waals surface area contributed by atoms with Gasteiger partial charge >= 0.3 is 0 Å². The van der Waals surface area contributed by atoms with E-state index in [9.17, 15) is 0 Å². The van der Waals surface area contributed by atoms with E-state index in [2.05, 4.69) is 65.7 Å². The van der Waals surface area contributed by atoms with E-state index >= 15 is 0 Å². The fraction of sp³-hybridized carbons (Fsp3) is 0.611. The molecule has 2 aromatic rings. The molecule has 0 spiro atoms. The number of aliphatic imine (C=N–C) groups is 1. The molecule has 0 saturated heterocycles. The predicted octanol–water partition coefficient (Wildman–Crippen LogP) is 2.91. The number of rotatable bonds is 6. The predicted molar refractivity (Wildman–Crippen MR) is 105 cm³/mol. The molecular weight excluding hydrogens is 332 g/mol. The fourth-order valence-electron chi connectivity index (χ4n) is 2.74. The topological polar surface area (TPSA) is 67.1 Å². The summed E-state index contributed by atoms with van der Waals surface area (Å²) in [6.45, 7) is 11.4. The van der Waals surface area contributed by atoms with E-state index in [1.807, 2.05) is 11.7 Å². The number of aryl methyl sites for hydroxylation is 2. The van der Waals surface area contributed by atoms with Crippen LogP contribution in [0.25, 0.3) is 0 Å². The highest BCUT2D eigenvalue weighted by molar-refractivity contribution is 7.09. The molecule has 0 fully saturated rings. The second kappa shape index (κ2) is 8.47. The quantitative estimate of drug-likeness (QED) is 0.612. The molecule has 6 nitrogen and oxygen atoms in total. The third kappa shape index (κ3) is 5.04. The van der Waals surface area contributed by atoms with Crippen molar-refractivity contribution in [1.82, 2.24) is 25.4 Å². The van der Waals surface area contributed by atoms with Crippen LogP contribution in [0.1, 0.15) is 54.3 Å². The van der Waals surface area contributed by atoms with Crippen LogP contribution in [-0.4, -0.2) is 33.8 Å². The second-order valence-corrected chi connectivity index (χ2v) is 7.67. The van der Waals surface area contributed by atoms with Crippen LogP contribution in [0.15, 0.2) is 10.4 Å². The fourth-order valence-corrected chi connectivity index (χ4v) is 3.58. The summed E-state index contributed by atoms with van der Waals surface area (Å²) in [5.41, 5.74) is 4.68. The third-order valence-corrected chi connectivity index (χ3v) is 5.47. The van der Waals surface area contributed by atoms with Crippen molar-refractivity contribution in [3.8, 4) is 0 Å². The molecule has 0 aliphatic heterocycles. The average molecular weight is 363 g/mol. The zero-order valence-electron chi connectivity index (χ0n) is 16.3. The molecule has 2 N–H and O–H groups in total. The van der Waals surface area contributed by atoms with Crippen molar-refractivity contribution < 1.29 is 0 Å². The maximum absolute atomic E-state index is 4.65. The van der Waals surface area contributed by atoms with Crippen LogP contribution in [0.3, 0.4) is 0 Å². The molecule has 25 heavy (non-hydrogen) atoms. The zero-order chi connectivity index (χ0) is 18.6. The molecular formula is C18H30N6S. The highest BCUT2D eigenvalue weighted by atomic mass is 32.1. The van der Waals surface area contributed by atoms with E-state index in [-0.39, 0.29) is 6.04 Å². The summed E-state index contributed by atoms with van der Waals surface area (Å²) in [4.78, 5) is 8.98. The van der Waals surface area contributed by atoms with Crippen LogP contribution in [0, 0.1) is 13.8 Å². The minimum absolute atomic E-state index is 0.259. The molecule has 0 bridgehead atoms. The van der Waals surface area contributed by atoms with Gasteiger partial charge in [0.15, 0.2) is 5.96 Å². The lowest BCUT2D eigenvalue weighted by Crippen LogP contribution is -2.42. The molecule has 0 saturated carbocycles. The molecule has 7 heteroatoms. The van der Waals surface area contributed by atoms with E-state index in [0.29, 0.717) is 12.5 Å². The summed E-state index contributed by atoms with van der Waals surface area (Å²) in [7, 11) is 3.78. The smallest absolute Gasteiger partial charge is 0.191 e. The second-order valence-electron chi connectivity index (χ2n) is 6.78. The Morgan fingerprint density at radius 1 is 1.32 bits per heavy atom. The van der Waals surface area contributed by atoms with E-state index in [4.69, 9.17) is 0 Å². The van der Waals surface area contributed by atoms with Gasteiger partial charge in [-0.15, -0.1) is 11.3 Å². The molecule has 2 rings (SSSR count). The van der Waals surface area contributed by atoms with E-state index in [1.165, 1.54) is 16.3 Å². The number of aromatic nitrogens is 3. The number of hydrogen-bond donors (Lipinski definition) is 2. The maximum atomic E-state index is 4.65. The van der Waals surface area contributed by atoms with Crippen molar-refractivity contribution in [2.75, 3.05) is 7.05 Å². The van der Waals surface area contributed by atoms with Crippen molar-refractivity contribution in [2.24, 2.45) is 12.0 Å². The van der Waals surface area contributed by atoms with Gasteiger partial charge in [0.2, 0.25) is 0 Å². The van der Waals surface area contributed by atoms with Crippen LogP contribution in [-0.2, 0) is 20.0 Å². The van der Waals surface area contributed by atoms with Crippen molar-refractivity contribution in [3.63, 3.8) is 0 Å². The van der Waals surface area contributed by atoms with Crippen LogP contribution < -0.4 is 10.6 Å². The Kier molecular flexibility index (Phi) is 6.58. The maximum Gasteiger partial charge on any atom is 0.191 e. The number of nitrogens with zero attached hydrogens (tertiary/aromatic N) is 4. The summed E-state index contributed by atoms with van der Waals surface area (Å²) in [5, 5.41) is 14.6. The van der Waals surface area contributed by atoms with Gasteiger partial charge in [-0.1, -0.05) is 13.8 Å². The summed E-state index contributed by atoms with van der Waals surface area (Å²) < 4.78 is 1.94. The van der Waals surface area contributed by atoms with Crippen LogP contribution in [0.5, 0.6) is 0 Å². The Balaban J connectivity index is 1.90. The SMILES string of the molecule is CN=C(NCc1csc(C(C)C)n1)NC(C)Cc1c(C)nn(C)c1C.